The number of ether oxygens (including phenoxy) is 1. The molecule has 1 fully saturated rings. The number of carbonyl (C=O) groups is 2. The summed E-state index contributed by atoms with van der Waals surface area (Å²) < 4.78 is 34.3. The van der Waals surface area contributed by atoms with E-state index in [4.69, 9.17) is 4.74 Å². The predicted octanol–water partition coefficient (Wildman–Crippen LogP) is 3.33. The zero-order chi connectivity index (χ0) is 23.4. The molecule has 9 heteroatoms. The van der Waals surface area contributed by atoms with E-state index in [9.17, 15) is 23.1 Å². The van der Waals surface area contributed by atoms with E-state index in [1.807, 2.05) is 30.3 Å². The topological polar surface area (TPSA) is 113 Å². The summed E-state index contributed by atoms with van der Waals surface area (Å²) in [6.07, 6.45) is 0. The van der Waals surface area contributed by atoms with E-state index in [1.54, 1.807) is 12.1 Å². The highest BCUT2D eigenvalue weighted by Crippen LogP contribution is 2.29. The fourth-order valence-electron chi connectivity index (χ4n) is 3.64. The summed E-state index contributed by atoms with van der Waals surface area (Å²) in [7, 11) is -4.27. The van der Waals surface area contributed by atoms with Crippen LogP contribution < -0.4 is 4.72 Å². The van der Waals surface area contributed by atoms with Crippen molar-refractivity contribution in [2.24, 2.45) is 0 Å². The lowest BCUT2D eigenvalue weighted by Crippen LogP contribution is -2.41. The average molecular weight is 467 g/mol. The molecule has 1 heterocycles. The van der Waals surface area contributed by atoms with Crippen LogP contribution in [-0.4, -0.2) is 56.6 Å². The van der Waals surface area contributed by atoms with Gasteiger partial charge in [0.25, 0.3) is 15.9 Å². The number of sulfonamides is 1. The zero-order valence-electron chi connectivity index (χ0n) is 17.6. The molecule has 3 aromatic rings. The number of carboxylic acid groups (broad SMARTS) is 1. The van der Waals surface area contributed by atoms with E-state index in [-0.39, 0.29) is 21.7 Å². The summed E-state index contributed by atoms with van der Waals surface area (Å²) in [5, 5.41) is 9.60. The van der Waals surface area contributed by atoms with Gasteiger partial charge in [0.1, 0.15) is 4.90 Å². The van der Waals surface area contributed by atoms with Gasteiger partial charge in [-0.1, -0.05) is 48.5 Å². The van der Waals surface area contributed by atoms with Crippen molar-refractivity contribution in [3.8, 4) is 11.1 Å². The van der Waals surface area contributed by atoms with Gasteiger partial charge in [-0.05, 0) is 35.4 Å². The van der Waals surface area contributed by atoms with Crippen LogP contribution in [0, 0.1) is 0 Å². The number of hydrogen-bond donors (Lipinski definition) is 2. The van der Waals surface area contributed by atoms with Crippen molar-refractivity contribution in [1.29, 1.82) is 0 Å². The van der Waals surface area contributed by atoms with Gasteiger partial charge in [-0.3, -0.25) is 9.52 Å². The molecule has 1 aliphatic rings. The Morgan fingerprint density at radius 1 is 0.848 bits per heavy atom. The first-order valence-electron chi connectivity index (χ1n) is 10.3. The molecule has 0 radical (unpaired) electrons. The van der Waals surface area contributed by atoms with Crippen molar-refractivity contribution in [3.63, 3.8) is 0 Å². The highest BCUT2D eigenvalue weighted by Gasteiger charge is 2.27. The number of rotatable bonds is 6. The van der Waals surface area contributed by atoms with E-state index in [2.05, 4.69) is 4.72 Å². The number of benzene rings is 3. The van der Waals surface area contributed by atoms with Crippen LogP contribution in [0.15, 0.2) is 77.7 Å². The molecule has 0 unspecified atom stereocenters. The van der Waals surface area contributed by atoms with Crippen LogP contribution in [0.5, 0.6) is 0 Å². The molecule has 0 aliphatic carbocycles. The molecule has 0 aromatic heterocycles. The van der Waals surface area contributed by atoms with E-state index in [1.165, 1.54) is 35.2 Å². The normalized spacial score (nSPS) is 14.0. The Hall–Kier alpha value is -3.69. The van der Waals surface area contributed by atoms with Crippen LogP contribution in [0.1, 0.15) is 20.7 Å². The molecule has 4 rings (SSSR count). The largest absolute Gasteiger partial charge is 0.478 e. The SMILES string of the molecule is O=C(O)c1ccc(-c2ccccc2)cc1NS(=O)(=O)c1ccccc1C(=O)N1CCOCC1. The quantitative estimate of drug-likeness (QED) is 0.576. The van der Waals surface area contributed by atoms with Gasteiger partial charge in [-0.25, -0.2) is 13.2 Å². The highest BCUT2D eigenvalue weighted by atomic mass is 32.2. The second kappa shape index (κ2) is 9.43. The Morgan fingerprint density at radius 3 is 2.21 bits per heavy atom. The third-order valence-corrected chi connectivity index (χ3v) is 6.73. The molecule has 170 valence electrons. The monoisotopic (exact) mass is 466 g/mol. The van der Waals surface area contributed by atoms with Crippen molar-refractivity contribution in [2.45, 2.75) is 4.90 Å². The van der Waals surface area contributed by atoms with Crippen molar-refractivity contribution < 1.29 is 27.9 Å². The van der Waals surface area contributed by atoms with E-state index < -0.39 is 21.9 Å². The molecule has 0 saturated carbocycles. The molecule has 33 heavy (non-hydrogen) atoms. The molecule has 3 aromatic carbocycles. The van der Waals surface area contributed by atoms with Gasteiger partial charge in [0.2, 0.25) is 0 Å². The Kier molecular flexibility index (Phi) is 6.43. The molecule has 8 nitrogen and oxygen atoms in total. The van der Waals surface area contributed by atoms with Gasteiger partial charge >= 0.3 is 5.97 Å². The molecule has 0 bridgehead atoms. The van der Waals surface area contributed by atoms with Crippen LogP contribution in [0.25, 0.3) is 11.1 Å². The summed E-state index contributed by atoms with van der Waals surface area (Å²) in [5.41, 5.74) is 1.18. The lowest BCUT2D eigenvalue weighted by Gasteiger charge is -2.27. The van der Waals surface area contributed by atoms with Crippen LogP contribution in [0.3, 0.4) is 0 Å². The van der Waals surface area contributed by atoms with Crippen LogP contribution in [-0.2, 0) is 14.8 Å². The number of hydrogen-bond acceptors (Lipinski definition) is 5. The van der Waals surface area contributed by atoms with E-state index >= 15 is 0 Å². The number of amides is 1. The van der Waals surface area contributed by atoms with Crippen molar-refractivity contribution in [1.82, 2.24) is 4.90 Å². The Balaban J connectivity index is 1.72. The fraction of sp³-hybridized carbons (Fsp3) is 0.167. The van der Waals surface area contributed by atoms with Crippen molar-refractivity contribution in [3.05, 3.63) is 83.9 Å². The predicted molar refractivity (Wildman–Crippen MR) is 123 cm³/mol. The third-order valence-electron chi connectivity index (χ3n) is 5.31. The Bertz CT molecular complexity index is 1290. The maximum absolute atomic E-state index is 13.3. The van der Waals surface area contributed by atoms with Crippen LogP contribution in [0.2, 0.25) is 0 Å². The Morgan fingerprint density at radius 2 is 1.52 bits per heavy atom. The second-order valence-corrected chi connectivity index (χ2v) is 9.09. The number of anilines is 1. The van der Waals surface area contributed by atoms with Gasteiger partial charge in [0, 0.05) is 13.1 Å². The number of morpholine rings is 1. The van der Waals surface area contributed by atoms with Crippen LogP contribution >= 0.6 is 0 Å². The maximum Gasteiger partial charge on any atom is 0.337 e. The van der Waals surface area contributed by atoms with Gasteiger partial charge in [0.05, 0.1) is 30.0 Å². The first kappa shape index (κ1) is 22.5. The second-order valence-electron chi connectivity index (χ2n) is 7.44. The smallest absolute Gasteiger partial charge is 0.337 e. The minimum Gasteiger partial charge on any atom is -0.478 e. The summed E-state index contributed by atoms with van der Waals surface area (Å²) in [6.45, 7) is 1.49. The molecule has 2 N–H and O–H groups in total. The molecular formula is C24H22N2O6S. The first-order chi connectivity index (χ1) is 15.9. The van der Waals surface area contributed by atoms with Gasteiger partial charge < -0.3 is 14.7 Å². The first-order valence-corrected chi connectivity index (χ1v) is 11.8. The number of nitrogens with one attached hydrogen (secondary N) is 1. The summed E-state index contributed by atoms with van der Waals surface area (Å²) >= 11 is 0. The fourth-order valence-corrected chi connectivity index (χ4v) is 4.91. The van der Waals surface area contributed by atoms with Crippen LogP contribution in [0.4, 0.5) is 5.69 Å². The number of carboxylic acids is 1. The molecule has 1 amide bonds. The maximum atomic E-state index is 13.3. The Labute approximate surface area is 191 Å². The summed E-state index contributed by atoms with van der Waals surface area (Å²) in [6, 6.07) is 19.5. The van der Waals surface area contributed by atoms with Gasteiger partial charge in [-0.15, -0.1) is 0 Å². The standard InChI is InChI=1S/C24H22N2O6S/c27-23(26-12-14-32-15-13-26)20-8-4-5-9-22(20)33(30,31)25-21-16-18(10-11-19(21)24(28)29)17-6-2-1-3-7-17/h1-11,16,25H,12-15H2,(H,28,29). The van der Waals surface area contributed by atoms with Crippen molar-refractivity contribution >= 4 is 27.6 Å². The third kappa shape index (κ3) is 4.89. The van der Waals surface area contributed by atoms with Gasteiger partial charge in [0.15, 0.2) is 0 Å². The number of carbonyl (C=O) groups excluding carboxylic acids is 1. The zero-order valence-corrected chi connectivity index (χ0v) is 18.4. The molecular weight excluding hydrogens is 444 g/mol. The minimum absolute atomic E-state index is 0.0167. The highest BCUT2D eigenvalue weighted by molar-refractivity contribution is 7.92. The number of aromatic carboxylic acids is 1. The van der Waals surface area contributed by atoms with E-state index in [0.29, 0.717) is 31.9 Å². The van der Waals surface area contributed by atoms with Gasteiger partial charge in [-0.2, -0.15) is 0 Å². The van der Waals surface area contributed by atoms with E-state index in [0.717, 1.165) is 5.56 Å². The number of nitrogens with zero attached hydrogens (tertiary/aromatic N) is 1. The molecule has 1 aliphatic heterocycles. The molecule has 0 spiro atoms. The summed E-state index contributed by atoms with van der Waals surface area (Å²) in [4.78, 5) is 26.1. The average Bonchev–Trinajstić information content (AvgIpc) is 2.84. The summed E-state index contributed by atoms with van der Waals surface area (Å²) in [5.74, 6) is -1.69. The molecule has 0 atom stereocenters. The molecule has 1 saturated heterocycles. The lowest BCUT2D eigenvalue weighted by molar-refractivity contribution is 0.0300. The minimum atomic E-state index is -4.27. The lowest BCUT2D eigenvalue weighted by atomic mass is 10.0. The van der Waals surface area contributed by atoms with Crippen molar-refractivity contribution in [2.75, 3.05) is 31.0 Å².